The van der Waals surface area contributed by atoms with Crippen LogP contribution in [0.25, 0.3) is 21.8 Å². The predicted octanol–water partition coefficient (Wildman–Crippen LogP) is 6.09. The maximum atomic E-state index is 14.0. The molecule has 1 N–H and O–H groups in total. The van der Waals surface area contributed by atoms with Gasteiger partial charge < -0.3 is 10.2 Å². The smallest absolute Gasteiger partial charge is 0.161 e. The first-order chi connectivity index (χ1) is 13.3. The fourth-order valence-electron chi connectivity index (χ4n) is 3.36. The van der Waals surface area contributed by atoms with Gasteiger partial charge in [-0.2, -0.15) is 0 Å². The van der Waals surface area contributed by atoms with Crippen molar-refractivity contribution in [2.75, 3.05) is 24.3 Å². The number of aromatic nitrogens is 1. The van der Waals surface area contributed by atoms with Gasteiger partial charge in [0.25, 0.3) is 0 Å². The van der Waals surface area contributed by atoms with Crippen LogP contribution in [0.1, 0.15) is 11.1 Å². The maximum absolute atomic E-state index is 14.0. The van der Waals surface area contributed by atoms with Crippen molar-refractivity contribution in [2.45, 2.75) is 13.8 Å². The van der Waals surface area contributed by atoms with Crippen molar-refractivity contribution in [2.24, 2.45) is 0 Å². The van der Waals surface area contributed by atoms with E-state index in [1.165, 1.54) is 6.07 Å². The van der Waals surface area contributed by atoms with Gasteiger partial charge in [0.1, 0.15) is 0 Å². The lowest BCUT2D eigenvalue weighted by Gasteiger charge is -2.17. The fourth-order valence-corrected chi connectivity index (χ4v) is 3.36. The van der Waals surface area contributed by atoms with Crippen molar-refractivity contribution in [3.63, 3.8) is 0 Å². The van der Waals surface area contributed by atoms with Crippen molar-refractivity contribution in [3.8, 4) is 0 Å². The van der Waals surface area contributed by atoms with Gasteiger partial charge in [0.15, 0.2) is 11.6 Å². The van der Waals surface area contributed by atoms with E-state index in [1.807, 2.05) is 69.2 Å². The number of hydrogen-bond donors (Lipinski definition) is 1. The molecule has 0 unspecified atom stereocenters. The van der Waals surface area contributed by atoms with Crippen molar-refractivity contribution >= 4 is 38.9 Å². The van der Waals surface area contributed by atoms with Crippen LogP contribution in [-0.4, -0.2) is 19.1 Å². The highest BCUT2D eigenvalue weighted by molar-refractivity contribution is 6.09. The van der Waals surface area contributed by atoms with Crippen LogP contribution in [0.5, 0.6) is 0 Å². The van der Waals surface area contributed by atoms with Crippen molar-refractivity contribution in [1.82, 2.24) is 4.98 Å². The van der Waals surface area contributed by atoms with Gasteiger partial charge in [0.05, 0.1) is 16.7 Å². The van der Waals surface area contributed by atoms with Gasteiger partial charge in [-0.1, -0.05) is 12.1 Å². The molecule has 0 aliphatic carbocycles. The lowest BCUT2D eigenvalue weighted by atomic mass is 10.0. The normalized spacial score (nSPS) is 11.2. The van der Waals surface area contributed by atoms with E-state index in [9.17, 15) is 8.78 Å². The van der Waals surface area contributed by atoms with E-state index in [1.54, 1.807) is 0 Å². The summed E-state index contributed by atoms with van der Waals surface area (Å²) >= 11 is 0. The largest absolute Gasteiger partial charge is 0.378 e. The third-order valence-electron chi connectivity index (χ3n) is 5.16. The molecule has 0 aliphatic heterocycles. The molecule has 28 heavy (non-hydrogen) atoms. The molecule has 0 fully saturated rings. The molecule has 142 valence electrons. The second kappa shape index (κ2) is 6.75. The molecule has 1 aromatic heterocycles. The van der Waals surface area contributed by atoms with E-state index >= 15 is 0 Å². The Kier molecular flexibility index (Phi) is 4.38. The summed E-state index contributed by atoms with van der Waals surface area (Å²) in [4.78, 5) is 6.65. The zero-order valence-electron chi connectivity index (χ0n) is 16.3. The summed E-state index contributed by atoms with van der Waals surface area (Å²) in [6, 6.07) is 14.3. The monoisotopic (exact) mass is 377 g/mol. The second-order valence-electron chi connectivity index (χ2n) is 7.24. The first-order valence-corrected chi connectivity index (χ1v) is 9.08. The van der Waals surface area contributed by atoms with E-state index in [0.717, 1.165) is 45.2 Å². The number of anilines is 3. The van der Waals surface area contributed by atoms with Gasteiger partial charge >= 0.3 is 0 Å². The number of aryl methyl sites for hydroxylation is 2. The zero-order valence-corrected chi connectivity index (χ0v) is 16.3. The van der Waals surface area contributed by atoms with Crippen molar-refractivity contribution in [1.29, 1.82) is 0 Å². The van der Waals surface area contributed by atoms with Crippen LogP contribution in [0.3, 0.4) is 0 Å². The van der Waals surface area contributed by atoms with Crippen LogP contribution in [0.2, 0.25) is 0 Å². The van der Waals surface area contributed by atoms with Gasteiger partial charge in [-0.25, -0.2) is 13.8 Å². The van der Waals surface area contributed by atoms with Gasteiger partial charge in [0, 0.05) is 42.3 Å². The number of nitrogens with one attached hydrogen (secondary N) is 1. The molecule has 4 aromatic rings. The van der Waals surface area contributed by atoms with Crippen molar-refractivity contribution < 1.29 is 8.78 Å². The second-order valence-corrected chi connectivity index (χ2v) is 7.24. The SMILES string of the molecule is Cc1ccc2c(Nc3ccc(N(C)C)cc3)c3cc(F)c(F)cc3nc2c1C. The minimum atomic E-state index is -0.897. The fraction of sp³-hybridized carbons (Fsp3) is 0.174. The van der Waals surface area contributed by atoms with Crippen molar-refractivity contribution in [3.05, 3.63) is 71.3 Å². The Morgan fingerprint density at radius 3 is 2.21 bits per heavy atom. The van der Waals surface area contributed by atoms with Gasteiger partial charge in [-0.15, -0.1) is 0 Å². The molecule has 0 aliphatic rings. The molecule has 1 heterocycles. The maximum Gasteiger partial charge on any atom is 0.161 e. The van der Waals surface area contributed by atoms with Crippen LogP contribution >= 0.6 is 0 Å². The number of pyridine rings is 1. The summed E-state index contributed by atoms with van der Waals surface area (Å²) in [5.74, 6) is -1.78. The molecule has 0 bridgehead atoms. The molecule has 5 heteroatoms. The van der Waals surface area contributed by atoms with Crippen LogP contribution in [-0.2, 0) is 0 Å². The molecule has 0 saturated carbocycles. The Labute approximate surface area is 162 Å². The number of rotatable bonds is 3. The molecule has 3 nitrogen and oxygen atoms in total. The van der Waals surface area contributed by atoms with E-state index in [0.29, 0.717) is 10.9 Å². The summed E-state index contributed by atoms with van der Waals surface area (Å²) in [5.41, 5.74) is 5.99. The van der Waals surface area contributed by atoms with Gasteiger partial charge in [-0.3, -0.25) is 0 Å². The summed E-state index contributed by atoms with van der Waals surface area (Å²) in [6.07, 6.45) is 0. The minimum Gasteiger partial charge on any atom is -0.378 e. The van der Waals surface area contributed by atoms with E-state index in [4.69, 9.17) is 0 Å². The third kappa shape index (κ3) is 3.03. The lowest BCUT2D eigenvalue weighted by Crippen LogP contribution is -2.08. The predicted molar refractivity (Wildman–Crippen MR) is 113 cm³/mol. The molecule has 0 amide bonds. The van der Waals surface area contributed by atoms with E-state index < -0.39 is 11.6 Å². The molecule has 0 spiro atoms. The van der Waals surface area contributed by atoms with Gasteiger partial charge in [-0.05, 0) is 55.3 Å². The summed E-state index contributed by atoms with van der Waals surface area (Å²) < 4.78 is 27.9. The van der Waals surface area contributed by atoms with Crippen LogP contribution in [0, 0.1) is 25.5 Å². The lowest BCUT2D eigenvalue weighted by molar-refractivity contribution is 0.511. The number of hydrogen-bond acceptors (Lipinski definition) is 3. The van der Waals surface area contributed by atoms with Gasteiger partial charge in [0.2, 0.25) is 0 Å². The minimum absolute atomic E-state index is 0.424. The Morgan fingerprint density at radius 2 is 1.54 bits per heavy atom. The first kappa shape index (κ1) is 18.2. The van der Waals surface area contributed by atoms with Crippen LogP contribution in [0.4, 0.5) is 25.8 Å². The first-order valence-electron chi connectivity index (χ1n) is 9.08. The number of nitrogens with zero attached hydrogens (tertiary/aromatic N) is 2. The highest BCUT2D eigenvalue weighted by Gasteiger charge is 2.15. The molecule has 3 aromatic carbocycles. The topological polar surface area (TPSA) is 28.2 Å². The average Bonchev–Trinajstić information content (AvgIpc) is 2.67. The zero-order chi connectivity index (χ0) is 20.0. The number of fused-ring (bicyclic) bond motifs is 2. The summed E-state index contributed by atoms with van der Waals surface area (Å²) in [6.45, 7) is 4.00. The summed E-state index contributed by atoms with van der Waals surface area (Å²) in [7, 11) is 3.96. The average molecular weight is 377 g/mol. The highest BCUT2D eigenvalue weighted by atomic mass is 19.2. The third-order valence-corrected chi connectivity index (χ3v) is 5.16. The molecule has 0 atom stereocenters. The Morgan fingerprint density at radius 1 is 0.857 bits per heavy atom. The molecule has 4 rings (SSSR count). The van der Waals surface area contributed by atoms with E-state index in [-0.39, 0.29) is 0 Å². The van der Waals surface area contributed by atoms with Crippen LogP contribution in [0.15, 0.2) is 48.5 Å². The number of halogens is 2. The Hall–Kier alpha value is -3.21. The molecule has 0 radical (unpaired) electrons. The highest BCUT2D eigenvalue weighted by Crippen LogP contribution is 2.36. The Balaban J connectivity index is 1.97. The molecule has 0 saturated heterocycles. The summed E-state index contributed by atoms with van der Waals surface area (Å²) in [5, 5.41) is 4.82. The van der Waals surface area contributed by atoms with E-state index in [2.05, 4.69) is 10.3 Å². The standard InChI is InChI=1S/C23H21F2N3/c1-13-5-10-17-22(14(13)2)27-21-12-20(25)19(24)11-18(21)23(17)26-15-6-8-16(9-7-15)28(3)4/h5-12H,1-4H3,(H,26,27). The Bertz CT molecular complexity index is 1190. The van der Waals surface area contributed by atoms with Crippen LogP contribution < -0.4 is 10.2 Å². The number of benzene rings is 3. The quantitative estimate of drug-likeness (QED) is 0.438. The molecular formula is C23H21F2N3. The molecular weight excluding hydrogens is 356 g/mol.